The van der Waals surface area contributed by atoms with Gasteiger partial charge in [-0.1, -0.05) is 18.2 Å². The second-order valence-corrected chi connectivity index (χ2v) is 8.06. The lowest BCUT2D eigenvalue weighted by Crippen LogP contribution is -2.29. The fourth-order valence-electron chi connectivity index (χ4n) is 4.16. The fourth-order valence-corrected chi connectivity index (χ4v) is 4.51. The Labute approximate surface area is 201 Å². The average molecular weight is 473 g/mol. The lowest BCUT2D eigenvalue weighted by molar-refractivity contribution is -0.384. The number of hydrogen-bond acceptors (Lipinski definition) is 6. The SMILES string of the molecule is COc1ccc(N2C(=S)N[C@@H](c3ccccn3)[C@@H]2c2ccc(-c3ccccc3[N+](=O)[O-])o2)cc1. The number of aromatic nitrogens is 1. The molecule has 0 unspecified atom stereocenters. The molecule has 1 saturated heterocycles. The Bertz CT molecular complexity index is 1340. The normalized spacial score (nSPS) is 17.4. The van der Waals surface area contributed by atoms with Crippen LogP contribution >= 0.6 is 12.2 Å². The van der Waals surface area contributed by atoms with Gasteiger partial charge in [0.15, 0.2) is 5.11 Å². The van der Waals surface area contributed by atoms with Gasteiger partial charge in [-0.2, -0.15) is 0 Å². The van der Waals surface area contributed by atoms with E-state index in [4.69, 9.17) is 21.4 Å². The van der Waals surface area contributed by atoms with Crippen LogP contribution < -0.4 is 15.0 Å². The van der Waals surface area contributed by atoms with E-state index in [1.54, 1.807) is 37.6 Å². The molecule has 170 valence electrons. The largest absolute Gasteiger partial charge is 0.497 e. The monoisotopic (exact) mass is 472 g/mol. The Kier molecular flexibility index (Phi) is 5.69. The van der Waals surface area contributed by atoms with Gasteiger partial charge in [-0.05, 0) is 66.8 Å². The van der Waals surface area contributed by atoms with Crippen molar-refractivity contribution in [2.24, 2.45) is 0 Å². The summed E-state index contributed by atoms with van der Waals surface area (Å²) in [5, 5.41) is 15.4. The first-order chi connectivity index (χ1) is 16.6. The number of thiocarbonyl (C=S) groups is 1. The van der Waals surface area contributed by atoms with E-state index >= 15 is 0 Å². The van der Waals surface area contributed by atoms with Gasteiger partial charge in [-0.3, -0.25) is 15.1 Å². The van der Waals surface area contributed by atoms with Gasteiger partial charge >= 0.3 is 0 Å². The first-order valence-electron chi connectivity index (χ1n) is 10.5. The summed E-state index contributed by atoms with van der Waals surface area (Å²) >= 11 is 5.72. The molecular formula is C25H20N4O4S. The van der Waals surface area contributed by atoms with Crippen molar-refractivity contribution in [1.82, 2.24) is 10.3 Å². The van der Waals surface area contributed by atoms with E-state index in [2.05, 4.69) is 10.3 Å². The number of nitro groups is 1. The first-order valence-corrected chi connectivity index (χ1v) is 11.0. The molecule has 1 aliphatic heterocycles. The van der Waals surface area contributed by atoms with Crippen molar-refractivity contribution < 1.29 is 14.1 Å². The molecule has 2 aromatic carbocycles. The van der Waals surface area contributed by atoms with Crippen LogP contribution in [0.1, 0.15) is 23.5 Å². The predicted molar refractivity (Wildman–Crippen MR) is 132 cm³/mol. The smallest absolute Gasteiger partial charge is 0.280 e. The number of hydrogen-bond donors (Lipinski definition) is 1. The summed E-state index contributed by atoms with van der Waals surface area (Å²) in [6.45, 7) is 0. The summed E-state index contributed by atoms with van der Waals surface area (Å²) in [5.74, 6) is 1.75. The molecule has 4 aromatic rings. The average Bonchev–Trinajstić information content (AvgIpc) is 3.49. The second-order valence-electron chi connectivity index (χ2n) is 7.67. The van der Waals surface area contributed by atoms with E-state index in [1.807, 2.05) is 53.4 Å². The molecule has 3 heterocycles. The molecule has 1 N–H and O–H groups in total. The van der Waals surface area contributed by atoms with Crippen molar-refractivity contribution in [3.05, 3.63) is 107 Å². The highest BCUT2D eigenvalue weighted by molar-refractivity contribution is 7.80. The number of para-hydroxylation sites is 1. The summed E-state index contributed by atoms with van der Waals surface area (Å²) in [6, 6.07) is 22.7. The maximum Gasteiger partial charge on any atom is 0.280 e. The van der Waals surface area contributed by atoms with Gasteiger partial charge in [0, 0.05) is 18.0 Å². The van der Waals surface area contributed by atoms with Crippen LogP contribution in [-0.2, 0) is 0 Å². The molecule has 8 nitrogen and oxygen atoms in total. The molecular weight excluding hydrogens is 452 g/mol. The summed E-state index contributed by atoms with van der Waals surface area (Å²) in [4.78, 5) is 17.6. The molecule has 0 amide bonds. The third-order valence-corrected chi connectivity index (χ3v) is 6.05. The molecule has 0 saturated carbocycles. The maximum atomic E-state index is 11.5. The molecule has 2 aromatic heterocycles. The molecule has 2 atom stereocenters. The van der Waals surface area contributed by atoms with Crippen molar-refractivity contribution in [3.8, 4) is 17.1 Å². The Morgan fingerprint density at radius 2 is 1.82 bits per heavy atom. The van der Waals surface area contributed by atoms with E-state index < -0.39 is 4.92 Å². The number of furan rings is 1. The minimum absolute atomic E-state index is 0.0169. The van der Waals surface area contributed by atoms with Gasteiger partial charge in [0.2, 0.25) is 0 Å². The molecule has 1 fully saturated rings. The Balaban J connectivity index is 1.60. The lowest BCUT2D eigenvalue weighted by atomic mass is 10.0. The quantitative estimate of drug-likeness (QED) is 0.225. The van der Waals surface area contributed by atoms with Crippen molar-refractivity contribution in [1.29, 1.82) is 0 Å². The standard InChI is InChI=1S/C25H20N4O4S/c1-32-17-11-9-16(10-12-17)28-24(23(27-25(28)34)19-7-4-5-15-26-19)22-14-13-21(33-22)18-6-2-3-8-20(18)29(30)31/h2-15,23-24H,1H3,(H,27,34)/t23-,24-/m0/s1. The highest BCUT2D eigenvalue weighted by Crippen LogP contribution is 2.43. The van der Waals surface area contributed by atoms with Crippen LogP contribution in [0.15, 0.2) is 89.5 Å². The van der Waals surface area contributed by atoms with E-state index in [0.717, 1.165) is 17.1 Å². The number of benzene rings is 2. The minimum atomic E-state index is -0.413. The van der Waals surface area contributed by atoms with Crippen LogP contribution in [-0.4, -0.2) is 22.1 Å². The Morgan fingerprint density at radius 3 is 2.53 bits per heavy atom. The van der Waals surface area contributed by atoms with Crippen LogP contribution in [0.25, 0.3) is 11.3 Å². The van der Waals surface area contributed by atoms with E-state index in [0.29, 0.717) is 22.2 Å². The van der Waals surface area contributed by atoms with Crippen LogP contribution in [0.3, 0.4) is 0 Å². The zero-order valence-electron chi connectivity index (χ0n) is 18.1. The van der Waals surface area contributed by atoms with Gasteiger partial charge in [-0.25, -0.2) is 0 Å². The second kappa shape index (κ2) is 8.95. The van der Waals surface area contributed by atoms with E-state index in [9.17, 15) is 10.1 Å². The molecule has 0 radical (unpaired) electrons. The molecule has 34 heavy (non-hydrogen) atoms. The molecule has 0 aliphatic carbocycles. The van der Waals surface area contributed by atoms with Gasteiger partial charge in [0.05, 0.1) is 29.3 Å². The molecule has 1 aliphatic rings. The minimum Gasteiger partial charge on any atom is -0.497 e. The molecule has 5 rings (SSSR count). The topological polar surface area (TPSA) is 93.7 Å². The van der Waals surface area contributed by atoms with Gasteiger partial charge < -0.3 is 19.4 Å². The Morgan fingerprint density at radius 1 is 1.06 bits per heavy atom. The van der Waals surface area contributed by atoms with E-state index in [-0.39, 0.29) is 17.8 Å². The molecule has 0 spiro atoms. The van der Waals surface area contributed by atoms with Gasteiger partial charge in [0.25, 0.3) is 5.69 Å². The van der Waals surface area contributed by atoms with Gasteiger partial charge in [0.1, 0.15) is 23.3 Å². The number of nitro benzene ring substituents is 1. The van der Waals surface area contributed by atoms with Crippen LogP contribution in [0, 0.1) is 10.1 Å². The fraction of sp³-hybridized carbons (Fsp3) is 0.120. The number of nitrogens with one attached hydrogen (secondary N) is 1. The number of pyridine rings is 1. The van der Waals surface area contributed by atoms with Crippen LogP contribution in [0.4, 0.5) is 11.4 Å². The lowest BCUT2D eigenvalue weighted by Gasteiger charge is -2.26. The highest BCUT2D eigenvalue weighted by atomic mass is 32.1. The Hall–Kier alpha value is -4.24. The number of rotatable bonds is 6. The summed E-state index contributed by atoms with van der Waals surface area (Å²) < 4.78 is 11.5. The van der Waals surface area contributed by atoms with Crippen molar-refractivity contribution in [3.63, 3.8) is 0 Å². The first kappa shape index (κ1) is 21.6. The predicted octanol–water partition coefficient (Wildman–Crippen LogP) is 5.44. The summed E-state index contributed by atoms with van der Waals surface area (Å²) in [7, 11) is 1.62. The van der Waals surface area contributed by atoms with Gasteiger partial charge in [-0.15, -0.1) is 0 Å². The van der Waals surface area contributed by atoms with Crippen LogP contribution in [0.2, 0.25) is 0 Å². The number of ether oxygens (including phenoxy) is 1. The number of anilines is 1. The van der Waals surface area contributed by atoms with E-state index in [1.165, 1.54) is 6.07 Å². The summed E-state index contributed by atoms with van der Waals surface area (Å²) in [6.07, 6.45) is 1.73. The zero-order valence-corrected chi connectivity index (χ0v) is 18.9. The van der Waals surface area contributed by atoms with Crippen molar-refractivity contribution in [2.45, 2.75) is 12.1 Å². The third-order valence-electron chi connectivity index (χ3n) is 5.73. The number of methoxy groups -OCH3 is 1. The zero-order chi connectivity index (χ0) is 23.7. The number of nitrogens with zero attached hydrogens (tertiary/aromatic N) is 3. The molecule has 9 heteroatoms. The highest BCUT2D eigenvalue weighted by Gasteiger charge is 2.42. The maximum absolute atomic E-state index is 11.5. The van der Waals surface area contributed by atoms with Crippen LogP contribution in [0.5, 0.6) is 5.75 Å². The van der Waals surface area contributed by atoms with Crippen molar-refractivity contribution in [2.75, 3.05) is 12.0 Å². The third kappa shape index (κ3) is 3.86. The molecule has 0 bridgehead atoms. The summed E-state index contributed by atoms with van der Waals surface area (Å²) in [5.41, 5.74) is 2.05. The van der Waals surface area contributed by atoms with Crippen molar-refractivity contribution >= 4 is 28.7 Å².